The Morgan fingerprint density at radius 3 is 2.03 bits per heavy atom. The van der Waals surface area contributed by atoms with Crippen LogP contribution in [-0.4, -0.2) is 16.7 Å². The molecule has 0 N–H and O–H groups in total. The van der Waals surface area contributed by atoms with Gasteiger partial charge in [0.2, 0.25) is 11.8 Å². The zero-order valence-electron chi connectivity index (χ0n) is 16.7. The number of anilines is 1. The van der Waals surface area contributed by atoms with E-state index in [0.717, 1.165) is 22.3 Å². The molecule has 1 heterocycles. The molecule has 31 heavy (non-hydrogen) atoms. The van der Waals surface area contributed by atoms with Crippen LogP contribution < -0.4 is 4.90 Å². The second-order valence-electron chi connectivity index (χ2n) is 8.68. The zero-order chi connectivity index (χ0) is 21.5. The standard InChI is InChI=1S/C25H18N2O4/c1-25-21-18-11-4-2-9-16(18)20(17-10-3-5-12-19(17)21)22(25)23(28)26(24(25)29)14-7-6-8-15(13-14)27(30)31/h2-13,20-22H,1H3/t20?,21?,22-,25+/m1/s1. The van der Waals surface area contributed by atoms with Crippen molar-refractivity contribution in [1.82, 2.24) is 0 Å². The van der Waals surface area contributed by atoms with Gasteiger partial charge >= 0.3 is 0 Å². The van der Waals surface area contributed by atoms with Crippen LogP contribution in [0.2, 0.25) is 0 Å². The minimum Gasteiger partial charge on any atom is -0.274 e. The number of hydrogen-bond donors (Lipinski definition) is 0. The van der Waals surface area contributed by atoms with Gasteiger partial charge in [0.15, 0.2) is 0 Å². The van der Waals surface area contributed by atoms with E-state index in [4.69, 9.17) is 0 Å². The number of nitrogens with zero attached hydrogens (tertiary/aromatic N) is 2. The molecule has 3 aromatic carbocycles. The van der Waals surface area contributed by atoms with Crippen molar-refractivity contribution in [3.8, 4) is 0 Å². The highest BCUT2D eigenvalue weighted by molar-refractivity contribution is 6.25. The Morgan fingerprint density at radius 1 is 0.871 bits per heavy atom. The van der Waals surface area contributed by atoms with E-state index in [2.05, 4.69) is 24.3 Å². The third kappa shape index (κ3) is 2.06. The fourth-order valence-corrected chi connectivity index (χ4v) is 6.11. The predicted molar refractivity (Wildman–Crippen MR) is 114 cm³/mol. The van der Waals surface area contributed by atoms with E-state index < -0.39 is 16.3 Å². The lowest BCUT2D eigenvalue weighted by Crippen LogP contribution is -2.49. The van der Waals surface area contributed by atoms with Crippen molar-refractivity contribution in [2.45, 2.75) is 18.8 Å². The molecule has 1 fully saturated rings. The number of nitro benzene ring substituents is 1. The van der Waals surface area contributed by atoms with Crippen LogP contribution in [0.5, 0.6) is 0 Å². The molecule has 1 saturated heterocycles. The van der Waals surface area contributed by atoms with Gasteiger partial charge in [-0.25, -0.2) is 4.90 Å². The predicted octanol–water partition coefficient (Wildman–Crippen LogP) is 4.38. The van der Waals surface area contributed by atoms with Crippen LogP contribution in [0.3, 0.4) is 0 Å². The number of nitro groups is 1. The number of hydrogen-bond acceptors (Lipinski definition) is 4. The van der Waals surface area contributed by atoms with E-state index in [0.29, 0.717) is 0 Å². The van der Waals surface area contributed by atoms with Gasteiger partial charge in [0.25, 0.3) is 5.69 Å². The van der Waals surface area contributed by atoms with Crippen molar-refractivity contribution in [3.63, 3.8) is 0 Å². The molecular formula is C25H18N2O4. The molecule has 152 valence electrons. The van der Waals surface area contributed by atoms with E-state index in [9.17, 15) is 19.7 Å². The van der Waals surface area contributed by atoms with Crippen molar-refractivity contribution >= 4 is 23.2 Å². The first-order chi connectivity index (χ1) is 14.9. The Labute approximate surface area is 178 Å². The first-order valence-corrected chi connectivity index (χ1v) is 10.2. The number of amides is 2. The summed E-state index contributed by atoms with van der Waals surface area (Å²) < 4.78 is 0. The number of carbonyl (C=O) groups excluding carboxylic acids is 2. The lowest BCUT2D eigenvalue weighted by atomic mass is 9.48. The number of rotatable bonds is 2. The third-order valence-corrected chi connectivity index (χ3v) is 7.31. The Hall–Kier alpha value is -3.80. The summed E-state index contributed by atoms with van der Waals surface area (Å²) in [5.74, 6) is -1.58. The van der Waals surface area contributed by atoms with Crippen molar-refractivity contribution in [3.05, 3.63) is 105 Å². The SMILES string of the molecule is C[C@@]12C(=O)N(c3cccc([N+](=O)[O-])c3)C(=O)[C@H]1C1c3ccccc3C2c2ccccc21. The quantitative estimate of drug-likeness (QED) is 0.357. The fraction of sp³-hybridized carbons (Fsp3) is 0.200. The van der Waals surface area contributed by atoms with Crippen molar-refractivity contribution in [2.75, 3.05) is 4.90 Å². The highest BCUT2D eigenvalue weighted by Crippen LogP contribution is 2.67. The lowest BCUT2D eigenvalue weighted by Gasteiger charge is -2.51. The number of benzene rings is 3. The molecule has 2 bridgehead atoms. The summed E-state index contributed by atoms with van der Waals surface area (Å²) in [6.07, 6.45) is 0. The first-order valence-electron chi connectivity index (χ1n) is 10.2. The zero-order valence-corrected chi connectivity index (χ0v) is 16.7. The molecular weight excluding hydrogens is 392 g/mol. The van der Waals surface area contributed by atoms with Gasteiger partial charge in [-0.3, -0.25) is 19.7 Å². The molecule has 0 saturated carbocycles. The van der Waals surface area contributed by atoms with Gasteiger partial charge in [-0.1, -0.05) is 54.6 Å². The second-order valence-corrected chi connectivity index (χ2v) is 8.68. The third-order valence-electron chi connectivity index (χ3n) is 7.31. The Balaban J connectivity index is 1.59. The Kier molecular flexibility index (Phi) is 3.41. The van der Waals surface area contributed by atoms with Crippen LogP contribution in [-0.2, 0) is 9.59 Å². The number of non-ortho nitro benzene ring substituents is 1. The van der Waals surface area contributed by atoms with Crippen LogP contribution in [0.1, 0.15) is 41.0 Å². The lowest BCUT2D eigenvalue weighted by molar-refractivity contribution is -0.384. The molecule has 3 aromatic rings. The summed E-state index contributed by atoms with van der Waals surface area (Å²) in [4.78, 5) is 39.6. The summed E-state index contributed by atoms with van der Waals surface area (Å²) in [5.41, 5.74) is 3.53. The van der Waals surface area contributed by atoms with Crippen molar-refractivity contribution < 1.29 is 14.5 Å². The van der Waals surface area contributed by atoms with Gasteiger partial charge in [0.05, 0.1) is 21.9 Å². The van der Waals surface area contributed by atoms with Crippen LogP contribution in [0.4, 0.5) is 11.4 Å². The van der Waals surface area contributed by atoms with E-state index in [-0.39, 0.29) is 35.0 Å². The molecule has 6 nitrogen and oxygen atoms in total. The molecule has 6 heteroatoms. The minimum absolute atomic E-state index is 0.146. The Morgan fingerprint density at radius 2 is 1.45 bits per heavy atom. The van der Waals surface area contributed by atoms with Gasteiger partial charge < -0.3 is 0 Å². The molecule has 0 spiro atoms. The van der Waals surface area contributed by atoms with E-state index in [1.165, 1.54) is 23.1 Å². The molecule has 7 rings (SSSR count). The molecule has 3 aliphatic carbocycles. The topological polar surface area (TPSA) is 80.5 Å². The summed E-state index contributed by atoms with van der Waals surface area (Å²) in [6, 6.07) is 21.9. The summed E-state index contributed by atoms with van der Waals surface area (Å²) >= 11 is 0. The van der Waals surface area contributed by atoms with Gasteiger partial charge in [-0.15, -0.1) is 0 Å². The second kappa shape index (κ2) is 5.88. The number of carbonyl (C=O) groups is 2. The smallest absolute Gasteiger partial charge is 0.271 e. The molecule has 0 unspecified atom stereocenters. The van der Waals surface area contributed by atoms with Crippen LogP contribution >= 0.6 is 0 Å². The highest BCUT2D eigenvalue weighted by atomic mass is 16.6. The summed E-state index contributed by atoms with van der Waals surface area (Å²) in [6.45, 7) is 1.89. The normalized spacial score (nSPS) is 27.6. The van der Waals surface area contributed by atoms with E-state index in [1.807, 2.05) is 31.2 Å². The van der Waals surface area contributed by atoms with E-state index >= 15 is 0 Å². The monoisotopic (exact) mass is 410 g/mol. The molecule has 4 aliphatic rings. The van der Waals surface area contributed by atoms with Gasteiger partial charge in [-0.05, 0) is 35.2 Å². The van der Waals surface area contributed by atoms with Gasteiger partial charge in [0.1, 0.15) is 0 Å². The van der Waals surface area contributed by atoms with Crippen molar-refractivity contribution in [2.24, 2.45) is 11.3 Å². The molecule has 0 radical (unpaired) electrons. The maximum absolute atomic E-state index is 13.9. The maximum Gasteiger partial charge on any atom is 0.271 e. The van der Waals surface area contributed by atoms with Crippen LogP contribution in [0.15, 0.2) is 72.8 Å². The van der Waals surface area contributed by atoms with Crippen LogP contribution in [0.25, 0.3) is 0 Å². The van der Waals surface area contributed by atoms with Gasteiger partial charge in [-0.2, -0.15) is 0 Å². The largest absolute Gasteiger partial charge is 0.274 e. The van der Waals surface area contributed by atoms with Crippen molar-refractivity contribution in [1.29, 1.82) is 0 Å². The van der Waals surface area contributed by atoms with Gasteiger partial charge in [0, 0.05) is 24.0 Å². The fourth-order valence-electron chi connectivity index (χ4n) is 6.11. The molecule has 0 aromatic heterocycles. The Bertz CT molecular complexity index is 1270. The van der Waals surface area contributed by atoms with E-state index in [1.54, 1.807) is 6.07 Å². The average Bonchev–Trinajstić information content (AvgIpc) is 2.99. The first kappa shape index (κ1) is 18.0. The maximum atomic E-state index is 13.9. The molecule has 1 aliphatic heterocycles. The van der Waals surface area contributed by atoms with Crippen LogP contribution in [0, 0.1) is 21.4 Å². The average molecular weight is 410 g/mol. The summed E-state index contributed by atoms with van der Waals surface area (Å²) in [7, 11) is 0. The molecule has 2 atom stereocenters. The summed E-state index contributed by atoms with van der Waals surface area (Å²) in [5, 5.41) is 11.3. The minimum atomic E-state index is -0.949. The molecule has 2 amide bonds. The number of imide groups is 1. The highest BCUT2D eigenvalue weighted by Gasteiger charge is 2.68.